The van der Waals surface area contributed by atoms with Crippen LogP contribution in [0, 0.1) is 6.92 Å². The standard InChI is InChI=1S/C20H23N5/c1-3-12-25-13-17(14(2)24-25)19-10-11-21-20(23-19)22-18-9-8-15-6-4-5-7-16(15)18/h4-7,10-11,13,18H,3,8-9,12H2,1-2H3,(H,21,22,23)/t18-/m1/s1. The van der Waals surface area contributed by atoms with Crippen molar-refractivity contribution in [3.8, 4) is 11.3 Å². The van der Waals surface area contributed by atoms with Gasteiger partial charge in [-0.1, -0.05) is 31.2 Å². The molecule has 1 aromatic carbocycles. The normalized spacial score (nSPS) is 16.0. The molecule has 0 unspecified atom stereocenters. The number of fused-ring (bicyclic) bond motifs is 1. The molecule has 0 aliphatic heterocycles. The number of aromatic nitrogens is 4. The third kappa shape index (κ3) is 3.14. The summed E-state index contributed by atoms with van der Waals surface area (Å²) in [4.78, 5) is 9.16. The van der Waals surface area contributed by atoms with Crippen LogP contribution in [0.1, 0.15) is 42.6 Å². The lowest BCUT2D eigenvalue weighted by Crippen LogP contribution is -2.10. The van der Waals surface area contributed by atoms with E-state index < -0.39 is 0 Å². The number of hydrogen-bond acceptors (Lipinski definition) is 4. The van der Waals surface area contributed by atoms with Crippen LogP contribution in [0.3, 0.4) is 0 Å². The van der Waals surface area contributed by atoms with E-state index in [1.165, 1.54) is 11.1 Å². The minimum absolute atomic E-state index is 0.287. The number of benzene rings is 1. The molecule has 4 rings (SSSR count). The molecule has 0 fully saturated rings. The van der Waals surface area contributed by atoms with Gasteiger partial charge in [-0.15, -0.1) is 0 Å². The van der Waals surface area contributed by atoms with E-state index in [1.54, 1.807) is 0 Å². The van der Waals surface area contributed by atoms with Gasteiger partial charge >= 0.3 is 0 Å². The predicted molar refractivity (Wildman–Crippen MR) is 99.4 cm³/mol. The first-order chi connectivity index (χ1) is 12.2. The summed E-state index contributed by atoms with van der Waals surface area (Å²) < 4.78 is 1.99. The molecule has 0 spiro atoms. The first kappa shape index (κ1) is 15.8. The second kappa shape index (κ2) is 6.67. The highest BCUT2D eigenvalue weighted by molar-refractivity contribution is 5.61. The zero-order chi connectivity index (χ0) is 17.2. The zero-order valence-corrected chi connectivity index (χ0v) is 14.7. The molecule has 1 N–H and O–H groups in total. The quantitative estimate of drug-likeness (QED) is 0.762. The van der Waals surface area contributed by atoms with E-state index in [1.807, 2.05) is 23.9 Å². The van der Waals surface area contributed by atoms with Gasteiger partial charge in [0.25, 0.3) is 0 Å². The molecule has 2 heterocycles. The highest BCUT2D eigenvalue weighted by atomic mass is 15.3. The Kier molecular flexibility index (Phi) is 4.22. The number of rotatable bonds is 5. The van der Waals surface area contributed by atoms with Crippen molar-refractivity contribution in [3.63, 3.8) is 0 Å². The summed E-state index contributed by atoms with van der Waals surface area (Å²) >= 11 is 0. The maximum absolute atomic E-state index is 4.74. The molecule has 5 nitrogen and oxygen atoms in total. The number of aryl methyl sites for hydroxylation is 3. The van der Waals surface area contributed by atoms with E-state index in [9.17, 15) is 0 Å². The topological polar surface area (TPSA) is 55.6 Å². The first-order valence-electron chi connectivity index (χ1n) is 8.96. The van der Waals surface area contributed by atoms with Gasteiger partial charge in [-0.05, 0) is 43.4 Å². The molecular weight excluding hydrogens is 310 g/mol. The Morgan fingerprint density at radius 2 is 2.12 bits per heavy atom. The van der Waals surface area contributed by atoms with Gasteiger partial charge < -0.3 is 5.32 Å². The molecule has 5 heteroatoms. The van der Waals surface area contributed by atoms with Crippen molar-refractivity contribution in [3.05, 3.63) is 59.5 Å². The van der Waals surface area contributed by atoms with E-state index in [4.69, 9.17) is 4.98 Å². The molecule has 0 amide bonds. The van der Waals surface area contributed by atoms with Crippen LogP contribution in [-0.2, 0) is 13.0 Å². The van der Waals surface area contributed by atoms with Crippen LogP contribution in [0.25, 0.3) is 11.3 Å². The van der Waals surface area contributed by atoms with Crippen molar-refractivity contribution in [2.24, 2.45) is 0 Å². The minimum Gasteiger partial charge on any atom is -0.347 e. The molecule has 128 valence electrons. The van der Waals surface area contributed by atoms with Gasteiger partial charge in [-0.2, -0.15) is 5.10 Å². The Labute approximate surface area is 148 Å². The average molecular weight is 333 g/mol. The van der Waals surface area contributed by atoms with Crippen LogP contribution in [0.15, 0.2) is 42.7 Å². The highest BCUT2D eigenvalue weighted by Crippen LogP contribution is 2.33. The van der Waals surface area contributed by atoms with E-state index in [-0.39, 0.29) is 6.04 Å². The number of nitrogens with zero attached hydrogens (tertiary/aromatic N) is 4. The van der Waals surface area contributed by atoms with E-state index >= 15 is 0 Å². The van der Waals surface area contributed by atoms with Gasteiger partial charge in [0.05, 0.1) is 17.4 Å². The van der Waals surface area contributed by atoms with Crippen LogP contribution in [0.4, 0.5) is 5.95 Å². The summed E-state index contributed by atoms with van der Waals surface area (Å²) in [5.41, 5.74) is 5.79. The fourth-order valence-corrected chi connectivity index (χ4v) is 3.55. The second-order valence-corrected chi connectivity index (χ2v) is 6.59. The van der Waals surface area contributed by atoms with Crippen molar-refractivity contribution in [1.82, 2.24) is 19.7 Å². The third-order valence-corrected chi connectivity index (χ3v) is 4.77. The second-order valence-electron chi connectivity index (χ2n) is 6.59. The molecule has 2 aromatic heterocycles. The van der Waals surface area contributed by atoms with Crippen molar-refractivity contribution in [2.75, 3.05) is 5.32 Å². The van der Waals surface area contributed by atoms with E-state index in [0.717, 1.165) is 42.8 Å². The van der Waals surface area contributed by atoms with Crippen LogP contribution >= 0.6 is 0 Å². The Bertz CT molecular complexity index is 883. The fourth-order valence-electron chi connectivity index (χ4n) is 3.55. The summed E-state index contributed by atoms with van der Waals surface area (Å²) in [5, 5.41) is 8.08. The van der Waals surface area contributed by atoms with Crippen molar-refractivity contribution in [1.29, 1.82) is 0 Å². The first-order valence-corrected chi connectivity index (χ1v) is 8.96. The van der Waals surface area contributed by atoms with Gasteiger partial charge in [0.1, 0.15) is 0 Å². The van der Waals surface area contributed by atoms with Gasteiger partial charge in [-0.25, -0.2) is 9.97 Å². The number of hydrogen-bond donors (Lipinski definition) is 1. The Morgan fingerprint density at radius 3 is 3.00 bits per heavy atom. The molecule has 1 aliphatic carbocycles. The molecule has 3 aromatic rings. The predicted octanol–water partition coefficient (Wildman–Crippen LogP) is 4.16. The summed E-state index contributed by atoms with van der Waals surface area (Å²) in [6.45, 7) is 5.11. The monoisotopic (exact) mass is 333 g/mol. The minimum atomic E-state index is 0.287. The summed E-state index contributed by atoms with van der Waals surface area (Å²) in [6.07, 6.45) is 7.16. The maximum Gasteiger partial charge on any atom is 0.223 e. The lowest BCUT2D eigenvalue weighted by molar-refractivity contribution is 0.598. The Hall–Kier alpha value is -2.69. The van der Waals surface area contributed by atoms with Crippen LogP contribution < -0.4 is 5.32 Å². The molecule has 0 bridgehead atoms. The summed E-state index contributed by atoms with van der Waals surface area (Å²) in [6, 6.07) is 10.9. The van der Waals surface area contributed by atoms with Crippen LogP contribution in [0.2, 0.25) is 0 Å². The molecule has 0 saturated heterocycles. The van der Waals surface area contributed by atoms with Crippen LogP contribution in [-0.4, -0.2) is 19.7 Å². The fraction of sp³-hybridized carbons (Fsp3) is 0.350. The van der Waals surface area contributed by atoms with Crippen LogP contribution in [0.5, 0.6) is 0 Å². The average Bonchev–Trinajstić information content (AvgIpc) is 3.19. The van der Waals surface area contributed by atoms with E-state index in [2.05, 4.69) is 52.8 Å². The van der Waals surface area contributed by atoms with Gasteiger partial charge in [0.15, 0.2) is 0 Å². The lowest BCUT2D eigenvalue weighted by atomic mass is 10.1. The van der Waals surface area contributed by atoms with Crippen molar-refractivity contribution >= 4 is 5.95 Å². The molecule has 25 heavy (non-hydrogen) atoms. The Balaban J connectivity index is 1.58. The summed E-state index contributed by atoms with van der Waals surface area (Å²) in [7, 11) is 0. The molecular formula is C20H23N5. The third-order valence-electron chi connectivity index (χ3n) is 4.77. The van der Waals surface area contributed by atoms with Crippen molar-refractivity contribution < 1.29 is 0 Å². The summed E-state index contributed by atoms with van der Waals surface area (Å²) in [5.74, 6) is 0.682. The van der Waals surface area contributed by atoms with Gasteiger partial charge in [0.2, 0.25) is 5.95 Å². The Morgan fingerprint density at radius 1 is 1.24 bits per heavy atom. The van der Waals surface area contributed by atoms with Crippen molar-refractivity contribution in [2.45, 2.75) is 45.7 Å². The highest BCUT2D eigenvalue weighted by Gasteiger charge is 2.22. The lowest BCUT2D eigenvalue weighted by Gasteiger charge is -2.14. The molecule has 0 saturated carbocycles. The largest absolute Gasteiger partial charge is 0.347 e. The zero-order valence-electron chi connectivity index (χ0n) is 14.7. The SMILES string of the molecule is CCCn1cc(-c2ccnc(N[C@@H]3CCc4ccccc43)n2)c(C)n1. The van der Waals surface area contributed by atoms with Gasteiger partial charge in [0, 0.05) is 24.5 Å². The smallest absolute Gasteiger partial charge is 0.223 e. The molecule has 1 atom stereocenters. The molecule has 0 radical (unpaired) electrons. The number of nitrogens with one attached hydrogen (secondary N) is 1. The maximum atomic E-state index is 4.74. The molecule has 1 aliphatic rings. The van der Waals surface area contributed by atoms with E-state index in [0.29, 0.717) is 5.95 Å². The van der Waals surface area contributed by atoms with Gasteiger partial charge in [-0.3, -0.25) is 4.68 Å². The number of anilines is 1.